The molecule has 0 aliphatic carbocycles. The number of methoxy groups -OCH3 is 2. The van der Waals surface area contributed by atoms with Crippen molar-refractivity contribution in [2.75, 3.05) is 32.2 Å². The summed E-state index contributed by atoms with van der Waals surface area (Å²) < 4.78 is 10.5. The molecule has 0 spiro atoms. The summed E-state index contributed by atoms with van der Waals surface area (Å²) in [6, 6.07) is 8.50. The minimum Gasteiger partial charge on any atom is -0.481 e. The van der Waals surface area contributed by atoms with Crippen LogP contribution in [0, 0.1) is 0 Å². The predicted octanol–water partition coefficient (Wildman–Crippen LogP) is 2.23. The number of hydrogen-bond donors (Lipinski definition) is 1. The lowest BCUT2D eigenvalue weighted by molar-refractivity contribution is 0.353. The quantitative estimate of drug-likeness (QED) is 0.655. The predicted molar refractivity (Wildman–Crippen MR) is 121 cm³/mol. The Bertz CT molecular complexity index is 1150. The van der Waals surface area contributed by atoms with E-state index < -0.39 is 0 Å². The first-order valence-corrected chi connectivity index (χ1v) is 10.6. The van der Waals surface area contributed by atoms with E-state index in [4.69, 9.17) is 25.2 Å². The molecule has 1 aromatic carbocycles. The number of benzene rings is 1. The third kappa shape index (κ3) is 3.87. The topological polar surface area (TPSA) is 112 Å². The molecule has 3 aromatic rings. The minimum absolute atomic E-state index is 0.258. The van der Waals surface area contributed by atoms with E-state index in [1.54, 1.807) is 19.4 Å². The van der Waals surface area contributed by atoms with Gasteiger partial charge >= 0.3 is 6.01 Å². The Labute approximate surface area is 186 Å². The Morgan fingerprint density at radius 2 is 1.81 bits per heavy atom. The average Bonchev–Trinajstić information content (AvgIpc) is 3.27. The largest absolute Gasteiger partial charge is 0.481 e. The zero-order chi connectivity index (χ0) is 22.1. The molecule has 2 aliphatic rings. The molecule has 0 radical (unpaired) electrons. The van der Waals surface area contributed by atoms with Crippen LogP contribution in [0.4, 0.5) is 5.82 Å². The Morgan fingerprint density at radius 3 is 2.59 bits per heavy atom. The van der Waals surface area contributed by atoms with Crippen molar-refractivity contribution in [1.29, 1.82) is 0 Å². The number of nitrogens with two attached hydrogens (primary N) is 1. The Morgan fingerprint density at radius 1 is 0.969 bits per heavy atom. The van der Waals surface area contributed by atoms with Crippen molar-refractivity contribution in [2.45, 2.75) is 25.4 Å². The maximum absolute atomic E-state index is 6.05. The van der Waals surface area contributed by atoms with Gasteiger partial charge in [0, 0.05) is 36.3 Å². The molecule has 9 heteroatoms. The summed E-state index contributed by atoms with van der Waals surface area (Å²) in [6.07, 6.45) is 5.51. The minimum atomic E-state index is 0.258. The number of fused-ring (bicyclic) bond motifs is 1. The molecule has 4 heterocycles. The van der Waals surface area contributed by atoms with Crippen LogP contribution in [-0.2, 0) is 6.54 Å². The zero-order valence-electron chi connectivity index (χ0n) is 18.2. The van der Waals surface area contributed by atoms with E-state index in [2.05, 4.69) is 32.0 Å². The van der Waals surface area contributed by atoms with Crippen molar-refractivity contribution in [3.8, 4) is 23.1 Å². The Kier molecular flexibility index (Phi) is 5.40. The summed E-state index contributed by atoms with van der Waals surface area (Å²) in [5, 5.41) is 0. The number of nitrogens with zero attached hydrogens (tertiary/aromatic N) is 6. The van der Waals surface area contributed by atoms with Crippen molar-refractivity contribution in [1.82, 2.24) is 19.9 Å². The van der Waals surface area contributed by atoms with E-state index in [9.17, 15) is 0 Å². The van der Waals surface area contributed by atoms with Gasteiger partial charge in [0.2, 0.25) is 5.88 Å². The van der Waals surface area contributed by atoms with Gasteiger partial charge in [-0.05, 0) is 24.5 Å². The lowest BCUT2D eigenvalue weighted by Crippen LogP contribution is -2.40. The molecule has 2 aromatic heterocycles. The van der Waals surface area contributed by atoms with Crippen LogP contribution in [0.15, 0.2) is 41.7 Å². The Balaban J connectivity index is 1.48. The molecule has 1 fully saturated rings. The van der Waals surface area contributed by atoms with Crippen molar-refractivity contribution in [2.24, 2.45) is 10.7 Å². The van der Waals surface area contributed by atoms with Crippen LogP contribution in [0.3, 0.4) is 0 Å². The number of aromatic nitrogens is 4. The summed E-state index contributed by atoms with van der Waals surface area (Å²) in [4.78, 5) is 25.0. The number of piperidine rings is 1. The number of hydrogen-bond acceptors (Lipinski definition) is 9. The van der Waals surface area contributed by atoms with Gasteiger partial charge < -0.3 is 20.1 Å². The summed E-state index contributed by atoms with van der Waals surface area (Å²) >= 11 is 0. The van der Waals surface area contributed by atoms with Crippen molar-refractivity contribution >= 4 is 11.5 Å². The molecule has 5 rings (SSSR count). The molecule has 0 bridgehead atoms. The van der Waals surface area contributed by atoms with Crippen molar-refractivity contribution in [3.63, 3.8) is 0 Å². The van der Waals surface area contributed by atoms with E-state index in [-0.39, 0.29) is 12.1 Å². The summed E-state index contributed by atoms with van der Waals surface area (Å²) in [5.41, 5.74) is 11.5. The van der Waals surface area contributed by atoms with Gasteiger partial charge in [0.1, 0.15) is 11.5 Å². The molecule has 2 N–H and O–H groups in total. The second-order valence-corrected chi connectivity index (χ2v) is 7.91. The second-order valence-electron chi connectivity index (χ2n) is 7.91. The van der Waals surface area contributed by atoms with Crippen LogP contribution in [0.5, 0.6) is 11.9 Å². The summed E-state index contributed by atoms with van der Waals surface area (Å²) in [6.45, 7) is 2.40. The van der Waals surface area contributed by atoms with Crippen molar-refractivity contribution < 1.29 is 9.47 Å². The normalized spacial score (nSPS) is 16.0. The standard InChI is InChI=1S/C23H25N7O2/c1-31-21-10-18(28-23(29-21)32-2)14-3-4-15-11-26-22(17(15)9-14)19-12-25-13-20(27-19)30-7-5-16(24)6-8-30/h3-4,9-10,12-13,16H,5-8,11,24H2,1-2H3. The molecule has 0 unspecified atom stereocenters. The zero-order valence-corrected chi connectivity index (χ0v) is 18.2. The summed E-state index contributed by atoms with van der Waals surface area (Å²) in [5.74, 6) is 1.31. The van der Waals surface area contributed by atoms with Crippen LogP contribution < -0.4 is 20.1 Å². The van der Waals surface area contributed by atoms with E-state index in [1.807, 2.05) is 12.3 Å². The molecule has 2 aliphatic heterocycles. The average molecular weight is 432 g/mol. The fourth-order valence-corrected chi connectivity index (χ4v) is 4.06. The van der Waals surface area contributed by atoms with Gasteiger partial charge in [-0.3, -0.25) is 9.98 Å². The molecule has 1 saturated heterocycles. The number of anilines is 1. The van der Waals surface area contributed by atoms with Gasteiger partial charge in [0.25, 0.3) is 0 Å². The number of rotatable bonds is 5. The van der Waals surface area contributed by atoms with Gasteiger partial charge in [0.05, 0.1) is 44.6 Å². The first-order chi connectivity index (χ1) is 15.6. The highest BCUT2D eigenvalue weighted by molar-refractivity contribution is 6.14. The van der Waals surface area contributed by atoms with E-state index in [0.717, 1.165) is 59.8 Å². The summed E-state index contributed by atoms with van der Waals surface area (Å²) in [7, 11) is 3.11. The van der Waals surface area contributed by atoms with E-state index in [0.29, 0.717) is 18.1 Å². The molecule has 32 heavy (non-hydrogen) atoms. The molecular formula is C23H25N7O2. The van der Waals surface area contributed by atoms with Gasteiger partial charge in [-0.1, -0.05) is 12.1 Å². The molecule has 0 saturated carbocycles. The lowest BCUT2D eigenvalue weighted by Gasteiger charge is -2.30. The van der Waals surface area contributed by atoms with E-state index >= 15 is 0 Å². The van der Waals surface area contributed by atoms with E-state index in [1.165, 1.54) is 7.11 Å². The number of ether oxygens (including phenoxy) is 2. The maximum Gasteiger partial charge on any atom is 0.320 e. The van der Waals surface area contributed by atoms with Crippen LogP contribution in [0.1, 0.15) is 29.7 Å². The van der Waals surface area contributed by atoms with Gasteiger partial charge in [-0.25, -0.2) is 4.98 Å². The molecule has 164 valence electrons. The van der Waals surface area contributed by atoms with Crippen LogP contribution in [0.2, 0.25) is 0 Å². The molecule has 9 nitrogen and oxygen atoms in total. The SMILES string of the molecule is COc1cc(-c2ccc3c(c2)C(c2cncc(N4CCC(N)CC4)n2)=NC3)nc(OC)n1. The molecular weight excluding hydrogens is 406 g/mol. The lowest BCUT2D eigenvalue weighted by atomic mass is 9.99. The van der Waals surface area contributed by atoms with Crippen LogP contribution >= 0.6 is 0 Å². The molecule has 0 amide bonds. The van der Waals surface area contributed by atoms with Crippen LogP contribution in [-0.4, -0.2) is 59.0 Å². The highest BCUT2D eigenvalue weighted by Crippen LogP contribution is 2.30. The highest BCUT2D eigenvalue weighted by atomic mass is 16.5. The fraction of sp³-hybridized carbons (Fsp3) is 0.348. The third-order valence-corrected chi connectivity index (χ3v) is 5.87. The first-order valence-electron chi connectivity index (χ1n) is 10.6. The number of aliphatic imine (C=N–C) groups is 1. The highest BCUT2D eigenvalue weighted by Gasteiger charge is 2.23. The van der Waals surface area contributed by atoms with Gasteiger partial charge in [0.15, 0.2) is 0 Å². The Hall–Kier alpha value is -3.59. The fourth-order valence-electron chi connectivity index (χ4n) is 4.06. The maximum atomic E-state index is 6.05. The first kappa shape index (κ1) is 20.3. The monoisotopic (exact) mass is 431 g/mol. The van der Waals surface area contributed by atoms with Gasteiger partial charge in [-0.2, -0.15) is 9.97 Å². The van der Waals surface area contributed by atoms with Crippen molar-refractivity contribution in [3.05, 3.63) is 53.5 Å². The third-order valence-electron chi connectivity index (χ3n) is 5.87. The van der Waals surface area contributed by atoms with Gasteiger partial charge in [-0.15, -0.1) is 0 Å². The smallest absolute Gasteiger partial charge is 0.320 e. The van der Waals surface area contributed by atoms with Crippen LogP contribution in [0.25, 0.3) is 11.3 Å². The molecule has 0 atom stereocenters. The second kappa shape index (κ2) is 8.51.